The number of anilines is 1. The summed E-state index contributed by atoms with van der Waals surface area (Å²) in [7, 11) is 0. The van der Waals surface area contributed by atoms with E-state index < -0.39 is 0 Å². The Kier molecular flexibility index (Phi) is 3.97. The van der Waals surface area contributed by atoms with E-state index in [4.69, 9.17) is 21.1 Å². The number of carbonyl (C=O) groups excluding carboxylic acids is 1. The molecule has 0 radical (unpaired) electrons. The molecule has 0 fully saturated rings. The second kappa shape index (κ2) is 6.06. The van der Waals surface area contributed by atoms with Crippen LogP contribution in [-0.4, -0.2) is 25.7 Å². The quantitative estimate of drug-likeness (QED) is 0.874. The van der Waals surface area contributed by atoms with Gasteiger partial charge in [0.15, 0.2) is 6.61 Å². The lowest BCUT2D eigenvalue weighted by Gasteiger charge is -2.29. The Morgan fingerprint density at radius 3 is 2.81 bits per heavy atom. The third-order valence-electron chi connectivity index (χ3n) is 3.22. The molecule has 3 rings (SSSR count). The topological polar surface area (TPSA) is 38.8 Å². The highest BCUT2D eigenvalue weighted by Crippen LogP contribution is 2.31. The van der Waals surface area contributed by atoms with Gasteiger partial charge in [0, 0.05) is 0 Å². The molecule has 21 heavy (non-hydrogen) atoms. The van der Waals surface area contributed by atoms with E-state index in [-0.39, 0.29) is 12.5 Å². The van der Waals surface area contributed by atoms with E-state index in [0.29, 0.717) is 23.9 Å². The van der Waals surface area contributed by atoms with Gasteiger partial charge >= 0.3 is 0 Å². The van der Waals surface area contributed by atoms with Crippen molar-refractivity contribution in [2.75, 3.05) is 24.7 Å². The maximum atomic E-state index is 12.3. The van der Waals surface area contributed by atoms with Crippen LogP contribution in [0.1, 0.15) is 0 Å². The van der Waals surface area contributed by atoms with Gasteiger partial charge in [0.25, 0.3) is 5.91 Å². The number of para-hydroxylation sites is 3. The number of hydrogen-bond donors (Lipinski definition) is 0. The van der Waals surface area contributed by atoms with Gasteiger partial charge in [0.05, 0.1) is 17.3 Å². The van der Waals surface area contributed by atoms with Crippen LogP contribution >= 0.6 is 11.6 Å². The van der Waals surface area contributed by atoms with Crippen LogP contribution < -0.4 is 14.4 Å². The fourth-order valence-electron chi connectivity index (χ4n) is 2.21. The fourth-order valence-corrected chi connectivity index (χ4v) is 2.40. The Morgan fingerprint density at radius 1 is 1.19 bits per heavy atom. The number of benzene rings is 2. The van der Waals surface area contributed by atoms with Crippen LogP contribution in [0.2, 0.25) is 5.02 Å². The Morgan fingerprint density at radius 2 is 1.95 bits per heavy atom. The smallest absolute Gasteiger partial charge is 0.265 e. The summed E-state index contributed by atoms with van der Waals surface area (Å²) in [6.07, 6.45) is 0. The van der Waals surface area contributed by atoms with Crippen molar-refractivity contribution in [1.29, 1.82) is 0 Å². The van der Waals surface area contributed by atoms with Gasteiger partial charge in [-0.2, -0.15) is 0 Å². The lowest BCUT2D eigenvalue weighted by atomic mass is 10.2. The summed E-state index contributed by atoms with van der Waals surface area (Å²) < 4.78 is 11.0. The molecular formula is C16H14ClNO3. The van der Waals surface area contributed by atoms with E-state index in [9.17, 15) is 4.79 Å². The van der Waals surface area contributed by atoms with E-state index in [1.807, 2.05) is 36.4 Å². The van der Waals surface area contributed by atoms with Crippen LogP contribution in [0, 0.1) is 0 Å². The number of ether oxygens (including phenoxy) is 2. The highest BCUT2D eigenvalue weighted by molar-refractivity contribution is 6.32. The van der Waals surface area contributed by atoms with Gasteiger partial charge in [-0.3, -0.25) is 4.79 Å². The maximum absolute atomic E-state index is 12.3. The average molecular weight is 304 g/mol. The molecular weight excluding hydrogens is 290 g/mol. The summed E-state index contributed by atoms with van der Waals surface area (Å²) in [6, 6.07) is 14.6. The van der Waals surface area contributed by atoms with Crippen LogP contribution in [-0.2, 0) is 4.79 Å². The molecule has 2 aromatic rings. The highest BCUT2D eigenvalue weighted by Gasteiger charge is 2.23. The lowest BCUT2D eigenvalue weighted by molar-refractivity contribution is -0.120. The monoisotopic (exact) mass is 303 g/mol. The van der Waals surface area contributed by atoms with Crippen molar-refractivity contribution in [3.05, 3.63) is 53.6 Å². The average Bonchev–Trinajstić information content (AvgIpc) is 2.53. The molecule has 2 aromatic carbocycles. The van der Waals surface area contributed by atoms with Crippen LogP contribution in [0.25, 0.3) is 0 Å². The summed E-state index contributed by atoms with van der Waals surface area (Å²) in [6.45, 7) is 0.939. The first-order valence-corrected chi connectivity index (χ1v) is 7.03. The number of nitrogens with zero attached hydrogens (tertiary/aromatic N) is 1. The molecule has 0 unspecified atom stereocenters. The third-order valence-corrected chi connectivity index (χ3v) is 3.53. The third kappa shape index (κ3) is 2.95. The van der Waals surface area contributed by atoms with Gasteiger partial charge in [-0.1, -0.05) is 35.9 Å². The first-order chi connectivity index (χ1) is 10.3. The summed E-state index contributed by atoms with van der Waals surface area (Å²) >= 11 is 6.00. The van der Waals surface area contributed by atoms with E-state index >= 15 is 0 Å². The maximum Gasteiger partial charge on any atom is 0.265 e. The Balaban J connectivity index is 1.71. The van der Waals surface area contributed by atoms with Crippen molar-refractivity contribution in [3.8, 4) is 11.5 Å². The molecule has 0 atom stereocenters. The molecule has 0 bridgehead atoms. The number of amides is 1. The Bertz CT molecular complexity index is 659. The number of rotatable bonds is 3. The summed E-state index contributed by atoms with van der Waals surface area (Å²) in [5.41, 5.74) is 0.775. The number of hydrogen-bond acceptors (Lipinski definition) is 3. The van der Waals surface area contributed by atoms with Gasteiger partial charge < -0.3 is 14.4 Å². The molecule has 0 saturated carbocycles. The minimum atomic E-state index is -0.120. The normalized spacial score (nSPS) is 13.3. The van der Waals surface area contributed by atoms with E-state index in [0.717, 1.165) is 11.4 Å². The van der Waals surface area contributed by atoms with Crippen LogP contribution in [0.5, 0.6) is 11.5 Å². The number of carbonyl (C=O) groups is 1. The highest BCUT2D eigenvalue weighted by atomic mass is 35.5. The molecule has 108 valence electrons. The zero-order valence-corrected chi connectivity index (χ0v) is 12.0. The van der Waals surface area contributed by atoms with Crippen molar-refractivity contribution < 1.29 is 14.3 Å². The summed E-state index contributed by atoms with van der Waals surface area (Å²) in [5.74, 6) is 1.11. The lowest BCUT2D eigenvalue weighted by Crippen LogP contribution is -2.40. The minimum Gasteiger partial charge on any atom is -0.490 e. The van der Waals surface area contributed by atoms with Crippen molar-refractivity contribution in [3.63, 3.8) is 0 Å². The molecule has 0 aliphatic carbocycles. The molecule has 1 aliphatic heterocycles. The molecule has 0 aromatic heterocycles. The van der Waals surface area contributed by atoms with Gasteiger partial charge in [0.2, 0.25) is 0 Å². The second-order valence-corrected chi connectivity index (χ2v) is 4.99. The summed E-state index contributed by atoms with van der Waals surface area (Å²) in [4.78, 5) is 14.0. The first kappa shape index (κ1) is 13.8. The Hall–Kier alpha value is -2.20. The van der Waals surface area contributed by atoms with Crippen LogP contribution in [0.3, 0.4) is 0 Å². The second-order valence-electron chi connectivity index (χ2n) is 4.58. The number of halogens is 1. The Labute approximate surface area is 127 Å². The van der Waals surface area contributed by atoms with E-state index in [1.165, 1.54) is 0 Å². The molecule has 0 N–H and O–H groups in total. The van der Waals surface area contributed by atoms with Gasteiger partial charge in [-0.15, -0.1) is 0 Å². The first-order valence-electron chi connectivity index (χ1n) is 6.65. The predicted octanol–water partition coefficient (Wildman–Crippen LogP) is 3.14. The fraction of sp³-hybridized carbons (Fsp3) is 0.188. The standard InChI is InChI=1S/C16H14ClNO3/c17-12-5-1-3-7-14(12)21-11-16(19)18-9-10-20-15-8-4-2-6-13(15)18/h1-8H,9-11H2. The molecule has 1 aliphatic rings. The van der Waals surface area contributed by atoms with Gasteiger partial charge in [-0.05, 0) is 24.3 Å². The van der Waals surface area contributed by atoms with Crippen molar-refractivity contribution >= 4 is 23.2 Å². The zero-order chi connectivity index (χ0) is 14.7. The molecule has 0 saturated heterocycles. The largest absolute Gasteiger partial charge is 0.490 e. The van der Waals surface area contributed by atoms with Crippen molar-refractivity contribution in [2.45, 2.75) is 0 Å². The zero-order valence-electron chi connectivity index (χ0n) is 11.3. The van der Waals surface area contributed by atoms with Crippen molar-refractivity contribution in [2.24, 2.45) is 0 Å². The van der Waals surface area contributed by atoms with Crippen molar-refractivity contribution in [1.82, 2.24) is 0 Å². The predicted molar refractivity (Wildman–Crippen MR) is 81.2 cm³/mol. The van der Waals surface area contributed by atoms with Crippen LogP contribution in [0.4, 0.5) is 5.69 Å². The SMILES string of the molecule is O=C(COc1ccccc1Cl)N1CCOc2ccccc21. The number of fused-ring (bicyclic) bond motifs is 1. The van der Waals surface area contributed by atoms with Gasteiger partial charge in [0.1, 0.15) is 18.1 Å². The van der Waals surface area contributed by atoms with Crippen LogP contribution in [0.15, 0.2) is 48.5 Å². The molecule has 4 nitrogen and oxygen atoms in total. The minimum absolute atomic E-state index is 0.0575. The summed E-state index contributed by atoms with van der Waals surface area (Å²) in [5, 5.41) is 0.493. The van der Waals surface area contributed by atoms with E-state index in [2.05, 4.69) is 0 Å². The molecule has 1 heterocycles. The molecule has 5 heteroatoms. The molecule has 1 amide bonds. The van der Waals surface area contributed by atoms with Gasteiger partial charge in [-0.25, -0.2) is 0 Å². The van der Waals surface area contributed by atoms with E-state index in [1.54, 1.807) is 17.0 Å². The molecule has 0 spiro atoms.